The van der Waals surface area contributed by atoms with Gasteiger partial charge < -0.3 is 5.32 Å². The van der Waals surface area contributed by atoms with Crippen LogP contribution in [0.4, 0.5) is 4.39 Å². The quantitative estimate of drug-likeness (QED) is 0.776. The average Bonchev–Trinajstić information content (AvgIpc) is 2.76. The summed E-state index contributed by atoms with van der Waals surface area (Å²) in [6.07, 6.45) is 1.08. The number of halogens is 2. The molecule has 1 aromatic heterocycles. The normalized spacial score (nSPS) is 10.8. The summed E-state index contributed by atoms with van der Waals surface area (Å²) in [5, 5.41) is 7.45. The van der Waals surface area contributed by atoms with Crippen molar-refractivity contribution in [2.45, 2.75) is 19.9 Å². The standard InChI is InChI=1S/C14H15BrFNS/c1-2-5-17-7-10-6-11(16)3-4-12(10)13-8-18-9-14(13)15/h3-4,6,8-9,17H,2,5,7H2,1H3. The third kappa shape index (κ3) is 3.19. The van der Waals surface area contributed by atoms with Gasteiger partial charge in [-0.25, -0.2) is 4.39 Å². The van der Waals surface area contributed by atoms with Gasteiger partial charge in [-0.05, 0) is 57.5 Å². The maximum absolute atomic E-state index is 13.4. The van der Waals surface area contributed by atoms with Crippen LogP contribution in [0.1, 0.15) is 18.9 Å². The summed E-state index contributed by atoms with van der Waals surface area (Å²) < 4.78 is 14.4. The van der Waals surface area contributed by atoms with Crippen LogP contribution in [0.3, 0.4) is 0 Å². The fraction of sp³-hybridized carbons (Fsp3) is 0.286. The molecule has 1 nitrogen and oxygen atoms in total. The SMILES string of the molecule is CCCNCc1cc(F)ccc1-c1cscc1Br. The van der Waals surface area contributed by atoms with E-state index in [1.807, 2.05) is 11.4 Å². The van der Waals surface area contributed by atoms with Crippen LogP contribution in [0.5, 0.6) is 0 Å². The smallest absolute Gasteiger partial charge is 0.123 e. The number of hydrogen-bond acceptors (Lipinski definition) is 2. The largest absolute Gasteiger partial charge is 0.313 e. The molecule has 1 N–H and O–H groups in total. The first-order chi connectivity index (χ1) is 8.72. The van der Waals surface area contributed by atoms with Gasteiger partial charge in [-0.2, -0.15) is 11.3 Å². The molecule has 0 saturated heterocycles. The third-order valence-corrected chi connectivity index (χ3v) is 4.42. The van der Waals surface area contributed by atoms with E-state index in [-0.39, 0.29) is 5.82 Å². The fourth-order valence-corrected chi connectivity index (χ4v) is 3.35. The van der Waals surface area contributed by atoms with E-state index >= 15 is 0 Å². The Labute approximate surface area is 119 Å². The minimum atomic E-state index is -0.182. The summed E-state index contributed by atoms with van der Waals surface area (Å²) in [5.74, 6) is -0.182. The zero-order valence-electron chi connectivity index (χ0n) is 10.2. The Kier molecular flexibility index (Phi) is 4.92. The van der Waals surface area contributed by atoms with E-state index in [2.05, 4.69) is 33.6 Å². The van der Waals surface area contributed by atoms with Crippen molar-refractivity contribution in [3.63, 3.8) is 0 Å². The lowest BCUT2D eigenvalue weighted by Crippen LogP contribution is -2.14. The number of rotatable bonds is 5. The van der Waals surface area contributed by atoms with Crippen LogP contribution in [-0.4, -0.2) is 6.54 Å². The first-order valence-corrected chi connectivity index (χ1v) is 7.67. The monoisotopic (exact) mass is 327 g/mol. The van der Waals surface area contributed by atoms with Gasteiger partial charge in [0.25, 0.3) is 0 Å². The molecule has 4 heteroatoms. The second-order valence-corrected chi connectivity index (χ2v) is 5.71. The van der Waals surface area contributed by atoms with Crippen LogP contribution >= 0.6 is 27.3 Å². The Balaban J connectivity index is 2.32. The topological polar surface area (TPSA) is 12.0 Å². The van der Waals surface area contributed by atoms with Crippen molar-refractivity contribution < 1.29 is 4.39 Å². The molecule has 0 bridgehead atoms. The van der Waals surface area contributed by atoms with Crippen molar-refractivity contribution in [1.82, 2.24) is 5.32 Å². The molecule has 0 saturated carbocycles. The van der Waals surface area contributed by atoms with Gasteiger partial charge in [0.1, 0.15) is 5.82 Å². The predicted octanol–water partition coefficient (Wildman–Crippen LogP) is 4.82. The summed E-state index contributed by atoms with van der Waals surface area (Å²) in [6, 6.07) is 4.98. The molecule has 0 atom stereocenters. The van der Waals surface area contributed by atoms with Crippen LogP contribution in [-0.2, 0) is 6.54 Å². The number of nitrogens with one attached hydrogen (secondary N) is 1. The van der Waals surface area contributed by atoms with E-state index in [1.54, 1.807) is 17.4 Å². The first-order valence-electron chi connectivity index (χ1n) is 5.93. The van der Waals surface area contributed by atoms with Crippen LogP contribution in [0, 0.1) is 5.82 Å². The van der Waals surface area contributed by atoms with Crippen molar-refractivity contribution in [2.75, 3.05) is 6.54 Å². The lowest BCUT2D eigenvalue weighted by Gasteiger charge is -2.10. The Morgan fingerprint density at radius 3 is 2.78 bits per heavy atom. The highest BCUT2D eigenvalue weighted by Gasteiger charge is 2.10. The average molecular weight is 328 g/mol. The van der Waals surface area contributed by atoms with Crippen molar-refractivity contribution in [2.24, 2.45) is 0 Å². The number of benzene rings is 1. The fourth-order valence-electron chi connectivity index (χ4n) is 1.84. The van der Waals surface area contributed by atoms with Crippen molar-refractivity contribution in [3.8, 4) is 11.1 Å². The molecule has 1 heterocycles. The summed E-state index contributed by atoms with van der Waals surface area (Å²) in [7, 11) is 0. The maximum Gasteiger partial charge on any atom is 0.123 e. The minimum Gasteiger partial charge on any atom is -0.313 e. The van der Waals surface area contributed by atoms with Gasteiger partial charge in [-0.1, -0.05) is 13.0 Å². The summed E-state index contributed by atoms with van der Waals surface area (Å²) in [4.78, 5) is 0. The van der Waals surface area contributed by atoms with Gasteiger partial charge in [0.05, 0.1) is 0 Å². The molecule has 18 heavy (non-hydrogen) atoms. The third-order valence-electron chi connectivity index (χ3n) is 2.71. The minimum absolute atomic E-state index is 0.182. The summed E-state index contributed by atoms with van der Waals surface area (Å²) in [6.45, 7) is 3.76. The summed E-state index contributed by atoms with van der Waals surface area (Å²) in [5.41, 5.74) is 3.23. The Morgan fingerprint density at radius 1 is 1.28 bits per heavy atom. The molecule has 0 aliphatic heterocycles. The van der Waals surface area contributed by atoms with Crippen molar-refractivity contribution in [1.29, 1.82) is 0 Å². The Morgan fingerprint density at radius 2 is 2.11 bits per heavy atom. The molecule has 0 amide bonds. The van der Waals surface area contributed by atoms with E-state index < -0.39 is 0 Å². The maximum atomic E-state index is 13.4. The zero-order chi connectivity index (χ0) is 13.0. The summed E-state index contributed by atoms with van der Waals surface area (Å²) >= 11 is 5.18. The predicted molar refractivity (Wildman–Crippen MR) is 79.4 cm³/mol. The van der Waals surface area contributed by atoms with Crippen LogP contribution < -0.4 is 5.32 Å². The molecule has 1 aromatic carbocycles. The highest BCUT2D eigenvalue weighted by atomic mass is 79.9. The van der Waals surface area contributed by atoms with Gasteiger partial charge in [-0.3, -0.25) is 0 Å². The molecule has 2 aromatic rings. The Hall–Kier alpha value is -0.710. The van der Waals surface area contributed by atoms with Crippen LogP contribution in [0.2, 0.25) is 0 Å². The molecular formula is C14H15BrFNS. The highest BCUT2D eigenvalue weighted by Crippen LogP contribution is 2.34. The molecule has 2 rings (SSSR count). The molecular weight excluding hydrogens is 313 g/mol. The number of thiophene rings is 1. The number of hydrogen-bond donors (Lipinski definition) is 1. The highest BCUT2D eigenvalue weighted by molar-refractivity contribution is 9.10. The Bertz CT molecular complexity index is 524. The molecule has 0 fully saturated rings. The second kappa shape index (κ2) is 6.45. The molecule has 0 aliphatic rings. The molecule has 0 aliphatic carbocycles. The van der Waals surface area contributed by atoms with Crippen LogP contribution in [0.25, 0.3) is 11.1 Å². The van der Waals surface area contributed by atoms with Crippen molar-refractivity contribution >= 4 is 27.3 Å². The van der Waals surface area contributed by atoms with E-state index in [0.29, 0.717) is 6.54 Å². The molecule has 0 unspecified atom stereocenters. The van der Waals surface area contributed by atoms with E-state index in [0.717, 1.165) is 34.1 Å². The molecule has 0 radical (unpaired) electrons. The van der Waals surface area contributed by atoms with E-state index in [4.69, 9.17) is 0 Å². The van der Waals surface area contributed by atoms with Crippen LogP contribution in [0.15, 0.2) is 33.4 Å². The van der Waals surface area contributed by atoms with E-state index in [1.165, 1.54) is 6.07 Å². The second-order valence-electron chi connectivity index (χ2n) is 4.11. The first kappa shape index (κ1) is 13.7. The lowest BCUT2D eigenvalue weighted by atomic mass is 10.0. The molecule has 0 spiro atoms. The van der Waals surface area contributed by atoms with Gasteiger partial charge in [0.15, 0.2) is 0 Å². The lowest BCUT2D eigenvalue weighted by molar-refractivity contribution is 0.619. The van der Waals surface area contributed by atoms with Gasteiger partial charge in [0.2, 0.25) is 0 Å². The van der Waals surface area contributed by atoms with Crippen molar-refractivity contribution in [3.05, 3.63) is 44.8 Å². The molecule has 96 valence electrons. The van der Waals surface area contributed by atoms with Gasteiger partial charge in [-0.15, -0.1) is 0 Å². The van der Waals surface area contributed by atoms with E-state index in [9.17, 15) is 4.39 Å². The zero-order valence-corrected chi connectivity index (χ0v) is 12.6. The van der Waals surface area contributed by atoms with Gasteiger partial charge >= 0.3 is 0 Å². The van der Waals surface area contributed by atoms with Gasteiger partial charge in [0, 0.05) is 22.0 Å².